The van der Waals surface area contributed by atoms with E-state index in [9.17, 15) is 9.59 Å². The molecule has 0 aromatic heterocycles. The minimum atomic E-state index is -0.482. The van der Waals surface area contributed by atoms with Crippen molar-refractivity contribution >= 4 is 28.6 Å². The smallest absolute Gasteiger partial charge is 0.173 e. The molecule has 2 aromatic carbocycles. The summed E-state index contributed by atoms with van der Waals surface area (Å²) in [6.45, 7) is 1.53. The van der Waals surface area contributed by atoms with Gasteiger partial charge in [-0.15, -0.1) is 0 Å². The highest BCUT2D eigenvalue weighted by atomic mass is 16.5. The summed E-state index contributed by atoms with van der Waals surface area (Å²) in [6.07, 6.45) is 7.20. The number of nitrogens with zero attached hydrogens (tertiary/aromatic N) is 1. The van der Waals surface area contributed by atoms with Crippen LogP contribution in [0.15, 0.2) is 60.7 Å². The van der Waals surface area contributed by atoms with E-state index in [0.717, 1.165) is 22.5 Å². The van der Waals surface area contributed by atoms with E-state index >= 15 is 0 Å². The van der Waals surface area contributed by atoms with Gasteiger partial charge in [-0.2, -0.15) is 0 Å². The molecule has 0 radical (unpaired) electrons. The quantitative estimate of drug-likeness (QED) is 0.550. The van der Waals surface area contributed by atoms with Crippen LogP contribution in [0.3, 0.4) is 0 Å². The highest BCUT2D eigenvalue weighted by Gasteiger charge is 2.41. The van der Waals surface area contributed by atoms with E-state index in [1.54, 1.807) is 30.4 Å². The number of hydrogen-bond donors (Lipinski definition) is 2. The molecule has 0 heterocycles. The first-order valence-electron chi connectivity index (χ1n) is 10.4. The van der Waals surface area contributed by atoms with Crippen LogP contribution in [-0.4, -0.2) is 50.3 Å². The van der Waals surface area contributed by atoms with Gasteiger partial charge in [0.15, 0.2) is 11.6 Å². The second-order valence-corrected chi connectivity index (χ2v) is 9.01. The molecule has 0 saturated heterocycles. The van der Waals surface area contributed by atoms with Crippen LogP contribution in [0, 0.1) is 11.8 Å². The van der Waals surface area contributed by atoms with E-state index in [2.05, 4.69) is 26.5 Å². The van der Waals surface area contributed by atoms with Gasteiger partial charge >= 0.3 is 0 Å². The standard InChI is InChI=1S/C25H27N3O3/c1-28(2,3)14-15-31-17-10-8-16(9-11-17)27-21-13-12-20(26)22-23(21)25(30)19-7-5-4-6-18(19)24(22)29/h4-13,18-19H,14-15H2,1-3H3,(H2-,26,27,29,30)/p+1. The van der Waals surface area contributed by atoms with Gasteiger partial charge in [0.05, 0.1) is 49.8 Å². The lowest BCUT2D eigenvalue weighted by Gasteiger charge is -2.30. The fourth-order valence-electron chi connectivity index (χ4n) is 3.91. The Morgan fingerprint density at radius 2 is 1.52 bits per heavy atom. The minimum absolute atomic E-state index is 0.0877. The molecule has 2 aliphatic carbocycles. The fourth-order valence-corrected chi connectivity index (χ4v) is 3.91. The number of likely N-dealkylation sites (N-methyl/N-ethyl adjacent to an activating group) is 1. The number of benzene rings is 2. The van der Waals surface area contributed by atoms with Gasteiger partial charge in [-0.05, 0) is 36.4 Å². The van der Waals surface area contributed by atoms with Crippen molar-refractivity contribution in [3.8, 4) is 5.75 Å². The summed E-state index contributed by atoms with van der Waals surface area (Å²) >= 11 is 0. The van der Waals surface area contributed by atoms with Crippen molar-refractivity contribution < 1.29 is 18.8 Å². The number of anilines is 3. The van der Waals surface area contributed by atoms with Crippen molar-refractivity contribution in [2.24, 2.45) is 11.8 Å². The summed E-state index contributed by atoms with van der Waals surface area (Å²) in [5.41, 5.74) is 8.52. The number of Topliss-reactive ketones (excluding diaryl/α,β-unsaturated/α-hetero) is 2. The Morgan fingerprint density at radius 3 is 2.13 bits per heavy atom. The lowest BCUT2D eigenvalue weighted by atomic mass is 9.71. The van der Waals surface area contributed by atoms with Crippen molar-refractivity contribution in [1.82, 2.24) is 0 Å². The molecule has 0 bridgehead atoms. The lowest BCUT2D eigenvalue weighted by molar-refractivity contribution is -0.870. The molecule has 6 heteroatoms. The number of nitrogen functional groups attached to an aromatic ring is 1. The number of carbonyl (C=O) groups is 2. The molecule has 2 aromatic rings. The maximum Gasteiger partial charge on any atom is 0.173 e. The van der Waals surface area contributed by atoms with E-state index in [1.165, 1.54) is 0 Å². The van der Waals surface area contributed by atoms with E-state index in [0.29, 0.717) is 29.1 Å². The van der Waals surface area contributed by atoms with Crippen LogP contribution < -0.4 is 15.8 Å². The Morgan fingerprint density at radius 1 is 0.903 bits per heavy atom. The van der Waals surface area contributed by atoms with Gasteiger partial charge < -0.3 is 20.3 Å². The number of nitrogens with two attached hydrogens (primary N) is 1. The zero-order valence-electron chi connectivity index (χ0n) is 18.1. The van der Waals surface area contributed by atoms with Gasteiger partial charge in [0.25, 0.3) is 0 Å². The molecular formula is C25H28N3O3+. The number of ether oxygens (including phenoxy) is 1. The molecule has 2 atom stereocenters. The third kappa shape index (κ3) is 4.25. The van der Waals surface area contributed by atoms with Crippen LogP contribution in [-0.2, 0) is 0 Å². The monoisotopic (exact) mass is 418 g/mol. The maximum atomic E-state index is 13.3. The first kappa shape index (κ1) is 20.9. The summed E-state index contributed by atoms with van der Waals surface area (Å²) < 4.78 is 6.65. The van der Waals surface area contributed by atoms with E-state index < -0.39 is 11.8 Å². The molecule has 0 saturated carbocycles. The molecule has 31 heavy (non-hydrogen) atoms. The van der Waals surface area contributed by atoms with Crippen molar-refractivity contribution in [2.45, 2.75) is 0 Å². The molecular weight excluding hydrogens is 390 g/mol. The Balaban J connectivity index is 1.57. The molecule has 4 rings (SSSR count). The average Bonchev–Trinajstić information content (AvgIpc) is 2.73. The normalized spacial score (nSPS) is 19.7. The van der Waals surface area contributed by atoms with Crippen LogP contribution in [0.25, 0.3) is 0 Å². The summed E-state index contributed by atoms with van der Waals surface area (Å²) in [6, 6.07) is 11.0. The number of allylic oxidation sites excluding steroid dienone is 4. The molecule has 0 aliphatic heterocycles. The van der Waals surface area contributed by atoms with Crippen molar-refractivity contribution in [3.05, 3.63) is 71.8 Å². The highest BCUT2D eigenvalue weighted by Crippen LogP contribution is 2.40. The molecule has 0 amide bonds. The first-order chi connectivity index (χ1) is 14.7. The number of rotatable bonds is 6. The van der Waals surface area contributed by atoms with Gasteiger partial charge in [-0.3, -0.25) is 9.59 Å². The number of ketones is 2. The number of hydrogen-bond acceptors (Lipinski definition) is 5. The minimum Gasteiger partial charge on any atom is -0.488 e. The molecule has 0 spiro atoms. The van der Waals surface area contributed by atoms with Gasteiger partial charge in [0.1, 0.15) is 18.9 Å². The van der Waals surface area contributed by atoms with Crippen LogP contribution in [0.4, 0.5) is 17.1 Å². The zero-order valence-corrected chi connectivity index (χ0v) is 18.1. The predicted octanol–water partition coefficient (Wildman–Crippen LogP) is 3.83. The number of nitrogens with one attached hydrogen (secondary N) is 1. The summed E-state index contributed by atoms with van der Waals surface area (Å²) in [4.78, 5) is 26.3. The molecule has 160 valence electrons. The molecule has 0 fully saturated rings. The van der Waals surface area contributed by atoms with E-state index in [1.807, 2.05) is 30.3 Å². The molecule has 6 nitrogen and oxygen atoms in total. The second-order valence-electron chi connectivity index (χ2n) is 9.01. The summed E-state index contributed by atoms with van der Waals surface area (Å²) in [7, 11) is 6.37. The second kappa shape index (κ2) is 8.04. The van der Waals surface area contributed by atoms with E-state index in [-0.39, 0.29) is 11.6 Å². The lowest BCUT2D eigenvalue weighted by Crippen LogP contribution is -2.38. The SMILES string of the molecule is C[N+](C)(C)CCOc1ccc(Nc2ccc(N)c3c2C(=O)C2C=CC=CC2C3=O)cc1. The van der Waals surface area contributed by atoms with Crippen molar-refractivity contribution in [2.75, 3.05) is 45.3 Å². The first-order valence-corrected chi connectivity index (χ1v) is 10.4. The van der Waals surface area contributed by atoms with Gasteiger partial charge in [-0.1, -0.05) is 24.3 Å². The van der Waals surface area contributed by atoms with Gasteiger partial charge in [0.2, 0.25) is 0 Å². The Hall–Kier alpha value is -3.38. The van der Waals surface area contributed by atoms with Crippen LogP contribution in [0.2, 0.25) is 0 Å². The zero-order chi connectivity index (χ0) is 22.2. The Kier molecular flexibility index (Phi) is 5.41. The largest absolute Gasteiger partial charge is 0.488 e. The topological polar surface area (TPSA) is 81.4 Å². The third-order valence-electron chi connectivity index (χ3n) is 5.63. The van der Waals surface area contributed by atoms with Crippen LogP contribution >= 0.6 is 0 Å². The van der Waals surface area contributed by atoms with Crippen LogP contribution in [0.1, 0.15) is 20.7 Å². The molecule has 3 N–H and O–H groups in total. The van der Waals surface area contributed by atoms with Gasteiger partial charge in [0, 0.05) is 11.4 Å². The number of fused-ring (bicyclic) bond motifs is 2. The summed E-state index contributed by atoms with van der Waals surface area (Å²) in [5.74, 6) is -0.376. The van der Waals surface area contributed by atoms with Crippen molar-refractivity contribution in [1.29, 1.82) is 0 Å². The number of quaternary nitrogens is 1. The van der Waals surface area contributed by atoms with Crippen LogP contribution in [0.5, 0.6) is 5.75 Å². The Bertz CT molecular complexity index is 1080. The fraction of sp³-hybridized carbons (Fsp3) is 0.280. The third-order valence-corrected chi connectivity index (χ3v) is 5.63. The molecule has 2 unspecified atom stereocenters. The van der Waals surface area contributed by atoms with Crippen molar-refractivity contribution in [3.63, 3.8) is 0 Å². The van der Waals surface area contributed by atoms with Gasteiger partial charge in [-0.25, -0.2) is 0 Å². The average molecular weight is 419 g/mol. The summed E-state index contributed by atoms with van der Waals surface area (Å²) in [5, 5.41) is 3.28. The van der Waals surface area contributed by atoms with E-state index in [4.69, 9.17) is 10.5 Å². The highest BCUT2D eigenvalue weighted by molar-refractivity contribution is 6.22. The number of carbonyl (C=O) groups excluding carboxylic acids is 2. The maximum absolute atomic E-state index is 13.3. The Labute approximate surface area is 182 Å². The molecule has 2 aliphatic rings. The predicted molar refractivity (Wildman–Crippen MR) is 123 cm³/mol.